The minimum Gasteiger partial charge on any atom is -0.377 e. The lowest BCUT2D eigenvalue weighted by molar-refractivity contribution is -0.132. The molecule has 1 amide bonds. The van der Waals surface area contributed by atoms with Crippen molar-refractivity contribution in [1.82, 2.24) is 19.6 Å². The minimum atomic E-state index is 0.233. The SMILES string of the molecule is Cc1nn(CC(C)C)c(C)c1CC(=O)N1CCN(CC2CCCO2)CC1. The summed E-state index contributed by atoms with van der Waals surface area (Å²) in [7, 11) is 0. The molecule has 2 fully saturated rings. The molecule has 2 saturated heterocycles. The molecule has 26 heavy (non-hydrogen) atoms. The standard InChI is InChI=1S/C20H34N4O2/c1-15(2)13-24-17(4)19(16(3)21-24)12-20(25)23-9-7-22(8-10-23)14-18-6-5-11-26-18/h15,18H,5-14H2,1-4H3. The van der Waals surface area contributed by atoms with E-state index in [0.29, 0.717) is 18.4 Å². The first-order valence-corrected chi connectivity index (χ1v) is 10.1. The van der Waals surface area contributed by atoms with E-state index >= 15 is 0 Å². The second kappa shape index (κ2) is 8.53. The van der Waals surface area contributed by atoms with Crippen LogP contribution in [0.4, 0.5) is 0 Å². The van der Waals surface area contributed by atoms with Gasteiger partial charge in [-0.1, -0.05) is 13.8 Å². The Kier molecular flexibility index (Phi) is 6.35. The average molecular weight is 363 g/mol. The molecular formula is C20H34N4O2. The number of amides is 1. The van der Waals surface area contributed by atoms with Gasteiger partial charge >= 0.3 is 0 Å². The van der Waals surface area contributed by atoms with Crippen molar-refractivity contribution in [2.45, 2.75) is 59.6 Å². The maximum Gasteiger partial charge on any atom is 0.227 e. The van der Waals surface area contributed by atoms with Crippen molar-refractivity contribution < 1.29 is 9.53 Å². The lowest BCUT2D eigenvalue weighted by Gasteiger charge is -2.35. The van der Waals surface area contributed by atoms with Crippen molar-refractivity contribution in [3.8, 4) is 0 Å². The van der Waals surface area contributed by atoms with Gasteiger partial charge in [-0.05, 0) is 32.6 Å². The summed E-state index contributed by atoms with van der Waals surface area (Å²) in [4.78, 5) is 17.3. The van der Waals surface area contributed by atoms with Crippen molar-refractivity contribution in [3.63, 3.8) is 0 Å². The number of hydrogen-bond acceptors (Lipinski definition) is 4. The van der Waals surface area contributed by atoms with Gasteiger partial charge in [0.2, 0.25) is 5.91 Å². The smallest absolute Gasteiger partial charge is 0.227 e. The molecule has 1 aromatic rings. The van der Waals surface area contributed by atoms with Gasteiger partial charge < -0.3 is 9.64 Å². The second-order valence-electron chi connectivity index (χ2n) is 8.22. The maximum atomic E-state index is 12.8. The summed E-state index contributed by atoms with van der Waals surface area (Å²) in [6, 6.07) is 0. The van der Waals surface area contributed by atoms with Gasteiger partial charge in [0.25, 0.3) is 0 Å². The predicted molar refractivity (Wildman–Crippen MR) is 102 cm³/mol. The molecule has 1 aromatic heterocycles. The molecule has 0 bridgehead atoms. The summed E-state index contributed by atoms with van der Waals surface area (Å²) in [6.07, 6.45) is 3.24. The summed E-state index contributed by atoms with van der Waals surface area (Å²) in [6.45, 7) is 14.9. The molecule has 0 saturated carbocycles. The van der Waals surface area contributed by atoms with Gasteiger partial charge in [-0.2, -0.15) is 5.10 Å². The molecule has 0 N–H and O–H groups in total. The van der Waals surface area contributed by atoms with Crippen LogP contribution in [0.25, 0.3) is 0 Å². The lowest BCUT2D eigenvalue weighted by Crippen LogP contribution is -2.50. The molecule has 6 heteroatoms. The summed E-state index contributed by atoms with van der Waals surface area (Å²) in [5.41, 5.74) is 3.24. The number of nitrogens with zero attached hydrogens (tertiary/aromatic N) is 4. The van der Waals surface area contributed by atoms with E-state index < -0.39 is 0 Å². The Hall–Kier alpha value is -1.40. The van der Waals surface area contributed by atoms with Crippen LogP contribution in [0.15, 0.2) is 0 Å². The topological polar surface area (TPSA) is 50.6 Å². The van der Waals surface area contributed by atoms with E-state index in [0.717, 1.165) is 62.8 Å². The van der Waals surface area contributed by atoms with Crippen LogP contribution in [-0.2, 0) is 22.5 Å². The number of rotatable bonds is 6. The van der Waals surface area contributed by atoms with Crippen molar-refractivity contribution in [3.05, 3.63) is 17.0 Å². The number of aryl methyl sites for hydroxylation is 1. The first kappa shape index (κ1) is 19.4. The van der Waals surface area contributed by atoms with Crippen LogP contribution in [0.3, 0.4) is 0 Å². The first-order chi connectivity index (χ1) is 12.4. The van der Waals surface area contributed by atoms with Crippen LogP contribution in [0, 0.1) is 19.8 Å². The molecule has 0 radical (unpaired) electrons. The molecule has 3 heterocycles. The normalized spacial score (nSPS) is 21.7. The Morgan fingerprint density at radius 3 is 2.58 bits per heavy atom. The summed E-state index contributed by atoms with van der Waals surface area (Å²) in [5.74, 6) is 0.783. The van der Waals surface area contributed by atoms with E-state index in [1.807, 2.05) is 11.8 Å². The number of carbonyl (C=O) groups excluding carboxylic acids is 1. The van der Waals surface area contributed by atoms with E-state index in [2.05, 4.69) is 35.5 Å². The fraction of sp³-hybridized carbons (Fsp3) is 0.800. The van der Waals surface area contributed by atoms with E-state index in [9.17, 15) is 4.79 Å². The first-order valence-electron chi connectivity index (χ1n) is 10.1. The van der Waals surface area contributed by atoms with Crippen molar-refractivity contribution in [1.29, 1.82) is 0 Å². The zero-order chi connectivity index (χ0) is 18.7. The van der Waals surface area contributed by atoms with Crippen molar-refractivity contribution in [2.75, 3.05) is 39.3 Å². The summed E-state index contributed by atoms with van der Waals surface area (Å²) >= 11 is 0. The molecule has 0 aliphatic carbocycles. The second-order valence-corrected chi connectivity index (χ2v) is 8.22. The van der Waals surface area contributed by atoms with Gasteiger partial charge in [0, 0.05) is 57.1 Å². The monoisotopic (exact) mass is 362 g/mol. The fourth-order valence-corrected chi connectivity index (χ4v) is 4.03. The van der Waals surface area contributed by atoms with Gasteiger partial charge in [-0.3, -0.25) is 14.4 Å². The maximum absolute atomic E-state index is 12.8. The highest BCUT2D eigenvalue weighted by molar-refractivity contribution is 5.79. The van der Waals surface area contributed by atoms with Crippen LogP contribution in [0.5, 0.6) is 0 Å². The number of hydrogen-bond donors (Lipinski definition) is 0. The lowest BCUT2D eigenvalue weighted by atomic mass is 10.1. The number of carbonyl (C=O) groups is 1. The van der Waals surface area contributed by atoms with E-state index in [4.69, 9.17) is 4.74 Å². The highest BCUT2D eigenvalue weighted by Crippen LogP contribution is 2.18. The Labute approximate surface area is 157 Å². The van der Waals surface area contributed by atoms with Crippen LogP contribution < -0.4 is 0 Å². The molecule has 1 unspecified atom stereocenters. The molecule has 1 atom stereocenters. The fourth-order valence-electron chi connectivity index (χ4n) is 4.03. The zero-order valence-corrected chi connectivity index (χ0v) is 16.8. The average Bonchev–Trinajstić information content (AvgIpc) is 3.19. The Morgan fingerprint density at radius 2 is 1.96 bits per heavy atom. The zero-order valence-electron chi connectivity index (χ0n) is 16.8. The third kappa shape index (κ3) is 4.65. The number of aromatic nitrogens is 2. The van der Waals surface area contributed by atoms with Gasteiger partial charge in [0.1, 0.15) is 0 Å². The quantitative estimate of drug-likeness (QED) is 0.777. The molecule has 0 spiro atoms. The van der Waals surface area contributed by atoms with Gasteiger partial charge in [0.05, 0.1) is 18.2 Å². The summed E-state index contributed by atoms with van der Waals surface area (Å²) in [5, 5.41) is 4.64. The summed E-state index contributed by atoms with van der Waals surface area (Å²) < 4.78 is 7.79. The number of ether oxygens (including phenoxy) is 1. The Morgan fingerprint density at radius 1 is 1.23 bits per heavy atom. The molecule has 3 rings (SSSR count). The molecule has 6 nitrogen and oxygen atoms in total. The van der Waals surface area contributed by atoms with E-state index in [1.165, 1.54) is 12.8 Å². The van der Waals surface area contributed by atoms with Crippen LogP contribution in [-0.4, -0.2) is 70.9 Å². The highest BCUT2D eigenvalue weighted by atomic mass is 16.5. The van der Waals surface area contributed by atoms with E-state index in [-0.39, 0.29) is 5.91 Å². The third-order valence-electron chi connectivity index (χ3n) is 5.61. The minimum absolute atomic E-state index is 0.233. The Balaban J connectivity index is 1.52. The predicted octanol–water partition coefficient (Wildman–Crippen LogP) is 2.02. The molecule has 0 aromatic carbocycles. The molecule has 146 valence electrons. The third-order valence-corrected chi connectivity index (χ3v) is 5.61. The Bertz CT molecular complexity index is 612. The molecular weight excluding hydrogens is 328 g/mol. The largest absolute Gasteiger partial charge is 0.377 e. The highest BCUT2D eigenvalue weighted by Gasteiger charge is 2.26. The van der Waals surface area contributed by atoms with Crippen LogP contribution in [0.1, 0.15) is 43.6 Å². The van der Waals surface area contributed by atoms with Gasteiger partial charge in [0.15, 0.2) is 0 Å². The van der Waals surface area contributed by atoms with Crippen molar-refractivity contribution >= 4 is 5.91 Å². The van der Waals surface area contributed by atoms with Gasteiger partial charge in [-0.25, -0.2) is 0 Å². The van der Waals surface area contributed by atoms with Crippen LogP contribution in [0.2, 0.25) is 0 Å². The van der Waals surface area contributed by atoms with E-state index in [1.54, 1.807) is 0 Å². The number of piperazine rings is 1. The van der Waals surface area contributed by atoms with Crippen LogP contribution >= 0.6 is 0 Å². The molecule has 2 aliphatic rings. The van der Waals surface area contributed by atoms with Gasteiger partial charge in [-0.15, -0.1) is 0 Å². The van der Waals surface area contributed by atoms with Crippen molar-refractivity contribution in [2.24, 2.45) is 5.92 Å². The molecule has 2 aliphatic heterocycles.